The molecular weight excluding hydrogens is 775 g/mol. The van der Waals surface area contributed by atoms with E-state index in [1.165, 1.54) is 0 Å². The van der Waals surface area contributed by atoms with Gasteiger partial charge in [0.2, 0.25) is 11.8 Å². The molecule has 1 aliphatic rings. The number of hydrogen-bond acceptors (Lipinski definition) is 7. The Balaban J connectivity index is 0.00000101. The van der Waals surface area contributed by atoms with Crippen molar-refractivity contribution in [2.75, 3.05) is 38.0 Å². The van der Waals surface area contributed by atoms with E-state index in [0.717, 1.165) is 41.9 Å². The molecule has 4 aromatic rings. The Morgan fingerprint density at radius 1 is 0.881 bits per heavy atom. The number of halogens is 3. The lowest BCUT2D eigenvalue weighted by Crippen LogP contribution is -2.48. The fourth-order valence-electron chi connectivity index (χ4n) is 6.86. The van der Waals surface area contributed by atoms with E-state index in [0.29, 0.717) is 60.9 Å². The monoisotopic (exact) mass is 825 g/mol. The summed E-state index contributed by atoms with van der Waals surface area (Å²) < 4.78 is 31.7. The highest BCUT2D eigenvalue weighted by atomic mass is 19.4. The Labute approximate surface area is 338 Å². The zero-order valence-corrected chi connectivity index (χ0v) is 33.0. The van der Waals surface area contributed by atoms with E-state index in [1.807, 2.05) is 49.4 Å². The molecule has 1 saturated carbocycles. The molecule has 0 saturated heterocycles. The number of aryl methyl sites for hydroxylation is 1. The van der Waals surface area contributed by atoms with Crippen LogP contribution in [0, 0.1) is 18.8 Å². The van der Waals surface area contributed by atoms with Crippen LogP contribution in [-0.4, -0.2) is 100 Å². The van der Waals surface area contributed by atoms with E-state index < -0.39 is 30.2 Å². The summed E-state index contributed by atoms with van der Waals surface area (Å²) in [5, 5.41) is 33.2. The number of aliphatic carboxylic acids is 1. The minimum absolute atomic E-state index is 0.104. The van der Waals surface area contributed by atoms with Crippen LogP contribution in [0.4, 0.5) is 23.7 Å². The van der Waals surface area contributed by atoms with Crippen LogP contribution in [0.1, 0.15) is 61.0 Å². The van der Waals surface area contributed by atoms with E-state index in [9.17, 15) is 37.1 Å². The van der Waals surface area contributed by atoms with E-state index in [-0.39, 0.29) is 35.6 Å². The number of nitrogens with zero attached hydrogens (tertiary/aromatic N) is 1. The third-order valence-electron chi connectivity index (χ3n) is 10.3. The maximum atomic E-state index is 13.7. The second kappa shape index (κ2) is 21.0. The molecule has 0 bridgehead atoms. The fourth-order valence-corrected chi connectivity index (χ4v) is 6.86. The van der Waals surface area contributed by atoms with Gasteiger partial charge in [-0.1, -0.05) is 44.2 Å². The summed E-state index contributed by atoms with van der Waals surface area (Å²) in [6.45, 7) is 9.80. The van der Waals surface area contributed by atoms with Gasteiger partial charge in [-0.3, -0.25) is 29.4 Å². The summed E-state index contributed by atoms with van der Waals surface area (Å²) in [6, 6.07) is 17.5. The fraction of sp³-hybridized carbons (Fsp3) is 0.415. The maximum Gasteiger partial charge on any atom is 0.490 e. The lowest BCUT2D eigenvalue weighted by molar-refractivity contribution is -0.192. The molecule has 0 radical (unpaired) electrons. The van der Waals surface area contributed by atoms with Crippen molar-refractivity contribution in [1.82, 2.24) is 31.0 Å². The number of alkyl halides is 3. The van der Waals surface area contributed by atoms with Crippen LogP contribution in [0.25, 0.3) is 22.0 Å². The number of H-pyrrole nitrogens is 2. The van der Waals surface area contributed by atoms with Crippen molar-refractivity contribution in [3.05, 3.63) is 87.7 Å². The Kier molecular flexibility index (Phi) is 16.2. The predicted molar refractivity (Wildman–Crippen MR) is 215 cm³/mol. The number of amides is 4. The maximum absolute atomic E-state index is 13.7. The van der Waals surface area contributed by atoms with Gasteiger partial charge in [0.25, 0.3) is 11.5 Å². The number of fused-ring (bicyclic) bond motifs is 1. The summed E-state index contributed by atoms with van der Waals surface area (Å²) in [7, 11) is 0. The molecule has 59 heavy (non-hydrogen) atoms. The number of nitrogens with one attached hydrogen (secondary N) is 6. The molecule has 8 N–H and O–H groups in total. The Bertz CT molecular complexity index is 2140. The van der Waals surface area contributed by atoms with E-state index in [4.69, 9.17) is 15.0 Å². The third-order valence-corrected chi connectivity index (χ3v) is 10.3. The molecule has 0 aliphatic heterocycles. The van der Waals surface area contributed by atoms with Crippen molar-refractivity contribution in [2.24, 2.45) is 11.8 Å². The number of aromatic nitrogens is 2. The minimum Gasteiger partial charge on any atom is -0.475 e. The van der Waals surface area contributed by atoms with Gasteiger partial charge in [-0.05, 0) is 104 Å². The van der Waals surface area contributed by atoms with Gasteiger partial charge in [0.1, 0.15) is 6.04 Å². The van der Waals surface area contributed by atoms with Gasteiger partial charge < -0.3 is 36.4 Å². The number of carbonyl (C=O) groups excluding carboxylic acids is 3. The number of carboxylic acids is 1. The Morgan fingerprint density at radius 2 is 1.54 bits per heavy atom. The number of hydrogen-bond donors (Lipinski definition) is 8. The van der Waals surface area contributed by atoms with Crippen LogP contribution in [0.5, 0.6) is 0 Å². The smallest absolute Gasteiger partial charge is 0.475 e. The molecule has 1 atom stereocenters. The average Bonchev–Trinajstić information content (AvgIpc) is 3.57. The largest absolute Gasteiger partial charge is 0.490 e. The molecule has 1 fully saturated rings. The number of rotatable bonds is 15. The highest BCUT2D eigenvalue weighted by Crippen LogP contribution is 2.29. The van der Waals surface area contributed by atoms with Crippen molar-refractivity contribution in [2.45, 2.75) is 65.1 Å². The zero-order chi connectivity index (χ0) is 43.3. The molecule has 15 nitrogen and oxygen atoms in total. The molecule has 4 amide bonds. The summed E-state index contributed by atoms with van der Waals surface area (Å²) in [4.78, 5) is 74.0. The second-order valence-corrected chi connectivity index (χ2v) is 14.3. The number of aromatic amines is 2. The Hall–Kier alpha value is -6.17. The molecule has 318 valence electrons. The first-order valence-corrected chi connectivity index (χ1v) is 19.3. The SMILES string of the molecule is CCN(CC)CCNC(=O)c1ccc(-c2ccc(C[C@H](NC(=O)[C@H]3CC[C@H](CNC(=O)O)CC3)C(=O)Nc3ccc4c(=O)[nH][nH]c4c3)cc2)c(C)c1.O=C(O)C(F)(F)F. The molecule has 1 aliphatic carbocycles. The normalized spacial score (nSPS) is 15.7. The van der Waals surface area contributed by atoms with Crippen molar-refractivity contribution in [3.63, 3.8) is 0 Å². The molecule has 3 aromatic carbocycles. The summed E-state index contributed by atoms with van der Waals surface area (Å²) in [5.74, 6) is -3.57. The first kappa shape index (κ1) is 45.5. The number of carbonyl (C=O) groups is 5. The standard InChI is InChI=1S/C39H49N7O6.C2HF3O2/c1-4-46(5-2)19-18-40-35(47)29-14-16-31(24(3)20-29)27-10-6-25(7-11-27)21-34(38(50)42-30-15-17-32-33(22-30)44-45-37(32)49)43-36(48)28-12-8-26(9-13-28)23-41-39(51)52;3-2(4,5)1(6)7/h6-7,10-11,14-17,20,22,26,28,34,41H,4-5,8-9,12-13,18-19,21,23H2,1-3H3,(H,40,47)(H,42,50)(H,43,48)(H,51,52)(H2,44,45,49);(H,6,7)/t26-,28-,34-;/m0./s1. The van der Waals surface area contributed by atoms with Crippen LogP contribution in [0.15, 0.2) is 65.5 Å². The highest BCUT2D eigenvalue weighted by Gasteiger charge is 2.38. The highest BCUT2D eigenvalue weighted by molar-refractivity contribution is 5.99. The number of likely N-dealkylation sites (N-methyl/N-ethyl adjacent to an activating group) is 1. The minimum atomic E-state index is -5.08. The molecule has 1 aromatic heterocycles. The average molecular weight is 826 g/mol. The van der Waals surface area contributed by atoms with Gasteiger partial charge in [0.15, 0.2) is 0 Å². The van der Waals surface area contributed by atoms with Crippen molar-refractivity contribution in [3.8, 4) is 11.1 Å². The molecule has 1 heterocycles. The molecule has 0 spiro atoms. The van der Waals surface area contributed by atoms with Crippen LogP contribution in [-0.2, 0) is 20.8 Å². The van der Waals surface area contributed by atoms with Gasteiger partial charge in [-0.25, -0.2) is 9.59 Å². The summed E-state index contributed by atoms with van der Waals surface area (Å²) >= 11 is 0. The second-order valence-electron chi connectivity index (χ2n) is 14.3. The van der Waals surface area contributed by atoms with Crippen molar-refractivity contribution >= 4 is 46.4 Å². The molecular formula is C41H50F3N7O8. The van der Waals surface area contributed by atoms with Gasteiger partial charge >= 0.3 is 18.2 Å². The van der Waals surface area contributed by atoms with Crippen LogP contribution >= 0.6 is 0 Å². The summed E-state index contributed by atoms with van der Waals surface area (Å²) in [5.41, 5.74) is 5.13. The lowest BCUT2D eigenvalue weighted by Gasteiger charge is -2.29. The van der Waals surface area contributed by atoms with Crippen molar-refractivity contribution < 1.29 is 47.4 Å². The molecule has 0 unspecified atom stereocenters. The van der Waals surface area contributed by atoms with Crippen LogP contribution in [0.2, 0.25) is 0 Å². The van der Waals surface area contributed by atoms with E-state index in [1.54, 1.807) is 18.2 Å². The van der Waals surface area contributed by atoms with E-state index >= 15 is 0 Å². The quantitative estimate of drug-likeness (QED) is 0.0780. The van der Waals surface area contributed by atoms with Gasteiger partial charge in [-0.15, -0.1) is 0 Å². The predicted octanol–water partition coefficient (Wildman–Crippen LogP) is 5.28. The summed E-state index contributed by atoms with van der Waals surface area (Å²) in [6.07, 6.45) is -3.26. The topological polar surface area (TPSA) is 226 Å². The lowest BCUT2D eigenvalue weighted by atomic mass is 9.81. The first-order chi connectivity index (χ1) is 28.0. The number of carboxylic acid groups (broad SMARTS) is 2. The molecule has 5 rings (SSSR count). The Morgan fingerprint density at radius 3 is 2.14 bits per heavy atom. The molecule has 18 heteroatoms. The van der Waals surface area contributed by atoms with Gasteiger partial charge in [0, 0.05) is 43.2 Å². The van der Waals surface area contributed by atoms with Crippen LogP contribution < -0.4 is 26.8 Å². The van der Waals surface area contributed by atoms with Gasteiger partial charge in [0.05, 0.1) is 10.9 Å². The third kappa shape index (κ3) is 13.4. The van der Waals surface area contributed by atoms with Crippen molar-refractivity contribution in [1.29, 1.82) is 0 Å². The van der Waals surface area contributed by atoms with E-state index in [2.05, 4.69) is 50.2 Å². The first-order valence-electron chi connectivity index (χ1n) is 19.3. The van der Waals surface area contributed by atoms with Gasteiger partial charge in [-0.2, -0.15) is 13.2 Å². The zero-order valence-electron chi connectivity index (χ0n) is 33.0. The number of anilines is 1. The van der Waals surface area contributed by atoms with Crippen LogP contribution in [0.3, 0.4) is 0 Å². The number of benzene rings is 3.